The van der Waals surface area contributed by atoms with Crippen molar-refractivity contribution in [3.8, 4) is 11.5 Å². The van der Waals surface area contributed by atoms with Gasteiger partial charge in [-0.1, -0.05) is 6.07 Å². The molecule has 0 aromatic heterocycles. The molecule has 0 atom stereocenters. The van der Waals surface area contributed by atoms with Crippen LogP contribution in [0.2, 0.25) is 0 Å². The molecule has 0 aliphatic rings. The average molecular weight is 506 g/mol. The van der Waals surface area contributed by atoms with E-state index in [9.17, 15) is 32.5 Å². The zero-order valence-electron chi connectivity index (χ0n) is 18.5. The fourth-order valence-corrected chi connectivity index (χ4v) is 2.94. The molecule has 9 nitrogen and oxygen atoms in total. The van der Waals surface area contributed by atoms with E-state index in [0.717, 1.165) is 6.07 Å². The SMILES string of the molecule is COc1cccc(/C=N\Nc2ccc(C(F)(F)F)cc2[N+](=O)[O-])c1OCC(=O)Nc1ccc(F)cc1. The average Bonchev–Trinajstić information content (AvgIpc) is 2.83. The van der Waals surface area contributed by atoms with Gasteiger partial charge in [0.05, 0.1) is 23.8 Å². The summed E-state index contributed by atoms with van der Waals surface area (Å²) in [5.41, 5.74) is 0.733. The van der Waals surface area contributed by atoms with E-state index in [-0.39, 0.29) is 17.2 Å². The second kappa shape index (κ2) is 11.2. The predicted octanol–water partition coefficient (Wildman–Crippen LogP) is 5.22. The lowest BCUT2D eigenvalue weighted by atomic mass is 10.1. The molecule has 188 valence electrons. The molecule has 0 fully saturated rings. The number of nitrogens with one attached hydrogen (secondary N) is 2. The summed E-state index contributed by atoms with van der Waals surface area (Å²) in [6.45, 7) is -0.448. The van der Waals surface area contributed by atoms with Gasteiger partial charge in [-0.3, -0.25) is 20.3 Å². The Bertz CT molecular complexity index is 1280. The van der Waals surface area contributed by atoms with Crippen molar-refractivity contribution >= 4 is 29.2 Å². The van der Waals surface area contributed by atoms with Gasteiger partial charge >= 0.3 is 6.18 Å². The lowest BCUT2D eigenvalue weighted by molar-refractivity contribution is -0.384. The molecule has 1 amide bonds. The largest absolute Gasteiger partial charge is 0.493 e. The van der Waals surface area contributed by atoms with E-state index in [0.29, 0.717) is 23.4 Å². The number of hydrogen-bond acceptors (Lipinski definition) is 7. The number of nitro groups is 1. The summed E-state index contributed by atoms with van der Waals surface area (Å²) >= 11 is 0. The van der Waals surface area contributed by atoms with Crippen molar-refractivity contribution in [1.29, 1.82) is 0 Å². The first kappa shape index (κ1) is 25.9. The summed E-state index contributed by atoms with van der Waals surface area (Å²) in [6.07, 6.45) is -3.56. The van der Waals surface area contributed by atoms with Crippen LogP contribution in [-0.2, 0) is 11.0 Å². The molecular weight excluding hydrogens is 488 g/mol. The predicted molar refractivity (Wildman–Crippen MR) is 123 cm³/mol. The third-order valence-corrected chi connectivity index (χ3v) is 4.62. The molecule has 2 N–H and O–H groups in total. The molecule has 0 saturated carbocycles. The molecule has 0 spiro atoms. The number of carbonyl (C=O) groups excluding carboxylic acids is 1. The number of alkyl halides is 3. The van der Waals surface area contributed by atoms with Gasteiger partial charge in [-0.25, -0.2) is 4.39 Å². The molecule has 0 heterocycles. The maximum Gasteiger partial charge on any atom is 0.416 e. The molecule has 3 aromatic carbocycles. The van der Waals surface area contributed by atoms with Crippen LogP contribution in [0.5, 0.6) is 11.5 Å². The van der Waals surface area contributed by atoms with Crippen molar-refractivity contribution in [2.24, 2.45) is 5.10 Å². The Morgan fingerprint density at radius 1 is 1.14 bits per heavy atom. The zero-order chi connectivity index (χ0) is 26.3. The Balaban J connectivity index is 1.75. The first-order chi connectivity index (χ1) is 17.1. The highest BCUT2D eigenvalue weighted by atomic mass is 19.4. The van der Waals surface area contributed by atoms with Crippen LogP contribution in [-0.4, -0.2) is 30.8 Å². The third kappa shape index (κ3) is 6.68. The molecule has 0 bridgehead atoms. The number of rotatable bonds is 9. The second-order valence-electron chi connectivity index (χ2n) is 7.08. The Labute approximate surface area is 201 Å². The minimum absolute atomic E-state index is 0.113. The molecular formula is C23H18F4N4O5. The molecule has 36 heavy (non-hydrogen) atoms. The number of ether oxygens (including phenoxy) is 2. The van der Waals surface area contributed by atoms with Crippen molar-refractivity contribution in [2.75, 3.05) is 24.5 Å². The number of anilines is 2. The molecule has 13 heteroatoms. The van der Waals surface area contributed by atoms with Crippen LogP contribution in [0.4, 0.5) is 34.6 Å². The highest BCUT2D eigenvalue weighted by Gasteiger charge is 2.33. The van der Waals surface area contributed by atoms with Crippen LogP contribution in [0.3, 0.4) is 0 Å². The molecule has 0 unspecified atom stereocenters. The number of hydrogen-bond donors (Lipinski definition) is 2. The molecule has 0 aliphatic heterocycles. The van der Waals surface area contributed by atoms with Crippen LogP contribution < -0.4 is 20.2 Å². The number of nitro benzene ring substituents is 1. The van der Waals surface area contributed by atoms with Crippen LogP contribution in [0.25, 0.3) is 0 Å². The quantitative estimate of drug-likeness (QED) is 0.178. The van der Waals surface area contributed by atoms with E-state index in [1.807, 2.05) is 0 Å². The summed E-state index contributed by atoms with van der Waals surface area (Å²) in [5.74, 6) is -0.651. The minimum atomic E-state index is -4.75. The van der Waals surface area contributed by atoms with Gasteiger partial charge in [0, 0.05) is 17.3 Å². The van der Waals surface area contributed by atoms with Gasteiger partial charge < -0.3 is 14.8 Å². The van der Waals surface area contributed by atoms with Crippen molar-refractivity contribution in [3.05, 3.63) is 87.7 Å². The Kier molecular flexibility index (Phi) is 8.04. The van der Waals surface area contributed by atoms with E-state index in [4.69, 9.17) is 9.47 Å². The molecule has 3 rings (SSSR count). The molecule has 0 saturated heterocycles. The van der Waals surface area contributed by atoms with Crippen LogP contribution >= 0.6 is 0 Å². The second-order valence-corrected chi connectivity index (χ2v) is 7.08. The first-order valence-electron chi connectivity index (χ1n) is 10.1. The van der Waals surface area contributed by atoms with E-state index >= 15 is 0 Å². The number of amides is 1. The lowest BCUT2D eigenvalue weighted by Crippen LogP contribution is -2.20. The fraction of sp³-hybridized carbons (Fsp3) is 0.130. The van der Waals surface area contributed by atoms with Crippen LogP contribution in [0.1, 0.15) is 11.1 Å². The van der Waals surface area contributed by atoms with Gasteiger partial charge in [0.2, 0.25) is 0 Å². The van der Waals surface area contributed by atoms with Gasteiger partial charge in [-0.2, -0.15) is 18.3 Å². The summed E-state index contributed by atoms with van der Waals surface area (Å²) in [6, 6.07) is 11.8. The van der Waals surface area contributed by atoms with Crippen molar-refractivity contribution in [1.82, 2.24) is 0 Å². The highest BCUT2D eigenvalue weighted by molar-refractivity contribution is 5.92. The van der Waals surface area contributed by atoms with Gasteiger partial charge in [-0.15, -0.1) is 0 Å². The molecule has 0 radical (unpaired) electrons. The molecule has 0 aliphatic carbocycles. The Morgan fingerprint density at radius 2 is 1.86 bits per heavy atom. The number of benzene rings is 3. The maximum absolute atomic E-state index is 13.0. The lowest BCUT2D eigenvalue weighted by Gasteiger charge is -2.13. The summed E-state index contributed by atoms with van der Waals surface area (Å²) in [7, 11) is 1.37. The highest BCUT2D eigenvalue weighted by Crippen LogP contribution is 2.35. The van der Waals surface area contributed by atoms with Crippen LogP contribution in [0.15, 0.2) is 65.8 Å². The number of halogens is 4. The normalized spacial score (nSPS) is 11.2. The number of carbonyl (C=O) groups is 1. The maximum atomic E-state index is 13.0. The van der Waals surface area contributed by atoms with E-state index in [2.05, 4.69) is 15.8 Å². The number of nitrogens with zero attached hydrogens (tertiary/aromatic N) is 2. The first-order valence-corrected chi connectivity index (χ1v) is 10.1. The van der Waals surface area contributed by atoms with Gasteiger partial charge in [-0.05, 0) is 48.5 Å². The summed E-state index contributed by atoms with van der Waals surface area (Å²) in [4.78, 5) is 22.5. The Hall–Kier alpha value is -4.68. The van der Waals surface area contributed by atoms with Crippen LogP contribution in [0, 0.1) is 15.9 Å². The zero-order valence-corrected chi connectivity index (χ0v) is 18.5. The molecule has 3 aromatic rings. The summed E-state index contributed by atoms with van der Waals surface area (Å²) < 4.78 is 62.4. The van der Waals surface area contributed by atoms with Crippen molar-refractivity contribution in [2.45, 2.75) is 6.18 Å². The van der Waals surface area contributed by atoms with Crippen molar-refractivity contribution < 1.29 is 36.8 Å². The van der Waals surface area contributed by atoms with Gasteiger partial charge in [0.15, 0.2) is 18.1 Å². The fourth-order valence-electron chi connectivity index (χ4n) is 2.94. The van der Waals surface area contributed by atoms with E-state index in [1.165, 1.54) is 37.6 Å². The third-order valence-electron chi connectivity index (χ3n) is 4.62. The Morgan fingerprint density at radius 3 is 2.50 bits per heavy atom. The number of para-hydroxylation sites is 1. The standard InChI is InChI=1S/C23H18F4N4O5/c1-35-20-4-2-3-14(22(20)36-13-21(32)29-17-8-6-16(24)7-9-17)12-28-30-18-10-5-15(23(25,26)27)11-19(18)31(33)34/h2-12,30H,13H2,1H3,(H,29,32)/b28-12-. The smallest absolute Gasteiger partial charge is 0.416 e. The summed E-state index contributed by atoms with van der Waals surface area (Å²) in [5, 5.41) is 17.6. The van der Waals surface area contributed by atoms with Gasteiger partial charge in [0.1, 0.15) is 11.5 Å². The monoisotopic (exact) mass is 506 g/mol. The number of hydrazone groups is 1. The number of methoxy groups -OCH3 is 1. The topological polar surface area (TPSA) is 115 Å². The van der Waals surface area contributed by atoms with E-state index < -0.39 is 40.7 Å². The van der Waals surface area contributed by atoms with Gasteiger partial charge in [0.25, 0.3) is 11.6 Å². The van der Waals surface area contributed by atoms with Crippen molar-refractivity contribution in [3.63, 3.8) is 0 Å². The minimum Gasteiger partial charge on any atom is -0.493 e. The van der Waals surface area contributed by atoms with E-state index in [1.54, 1.807) is 18.2 Å².